The van der Waals surface area contributed by atoms with Gasteiger partial charge in [0.25, 0.3) is 5.91 Å². The van der Waals surface area contributed by atoms with Crippen LogP contribution in [0.4, 0.5) is 10.1 Å². The van der Waals surface area contributed by atoms with Gasteiger partial charge < -0.3 is 5.32 Å². The van der Waals surface area contributed by atoms with Gasteiger partial charge in [0, 0.05) is 11.2 Å². The molecule has 0 unspecified atom stereocenters. The van der Waals surface area contributed by atoms with E-state index < -0.39 is 27.3 Å². The summed E-state index contributed by atoms with van der Waals surface area (Å²) in [6.07, 6.45) is 0. The van der Waals surface area contributed by atoms with Gasteiger partial charge in [-0.25, -0.2) is 17.5 Å². The molecular weight excluding hydrogens is 283 g/mol. The molecule has 1 amide bonds. The van der Waals surface area contributed by atoms with Crippen LogP contribution >= 0.6 is 0 Å². The molecule has 0 aromatic heterocycles. The number of rotatable bonds is 4. The number of sulfonamides is 1. The number of halogens is 1. The minimum Gasteiger partial charge on any atom is -0.320 e. The molecule has 0 aliphatic carbocycles. The van der Waals surface area contributed by atoms with E-state index in [1.54, 1.807) is 20.8 Å². The van der Waals surface area contributed by atoms with E-state index >= 15 is 0 Å². The number of hydrogen-bond acceptors (Lipinski definition) is 3. The zero-order chi connectivity index (χ0) is 15.6. The first-order valence-electron chi connectivity index (χ1n) is 5.81. The van der Waals surface area contributed by atoms with Crippen molar-refractivity contribution in [1.82, 2.24) is 4.72 Å². The molecule has 0 saturated carbocycles. The third kappa shape index (κ3) is 4.75. The number of carbonyl (C=O) groups excluding carboxylic acids is 1. The van der Waals surface area contributed by atoms with Gasteiger partial charge in [-0.15, -0.1) is 0 Å². The van der Waals surface area contributed by atoms with Crippen LogP contribution in [-0.2, 0) is 14.8 Å². The monoisotopic (exact) mass is 300 g/mol. The summed E-state index contributed by atoms with van der Waals surface area (Å²) in [6, 6.07) is 5.54. The van der Waals surface area contributed by atoms with E-state index in [0.717, 1.165) is 0 Å². The minimum absolute atomic E-state index is 0.0188. The lowest BCUT2D eigenvalue weighted by atomic mass is 10.1. The van der Waals surface area contributed by atoms with Crippen LogP contribution in [0.2, 0.25) is 0 Å². The smallest absolute Gasteiger partial charge is 0.283 e. The fraction of sp³-hybridized carbons (Fsp3) is 0.308. The van der Waals surface area contributed by atoms with E-state index in [1.807, 2.05) is 0 Å². The number of nitrogens with one attached hydrogen (secondary N) is 2. The standard InChI is InChI=1S/C13H17FN2O3S/c1-9(14)12(17)15-10-6-5-7-11(8-10)20(18,19)16-13(2,3)4/h5-8,16H,1H2,2-4H3,(H,15,17). The van der Waals surface area contributed by atoms with Crippen LogP contribution in [0.1, 0.15) is 20.8 Å². The SMILES string of the molecule is C=C(F)C(=O)Nc1cccc(S(=O)(=O)NC(C)(C)C)c1. The summed E-state index contributed by atoms with van der Waals surface area (Å²) in [5.74, 6) is -2.16. The number of hydrogen-bond donors (Lipinski definition) is 2. The molecule has 2 N–H and O–H groups in total. The summed E-state index contributed by atoms with van der Waals surface area (Å²) >= 11 is 0. The molecule has 0 heterocycles. The number of amides is 1. The van der Waals surface area contributed by atoms with E-state index in [2.05, 4.69) is 16.6 Å². The summed E-state index contributed by atoms with van der Waals surface area (Å²) in [7, 11) is -3.71. The Kier molecular flexibility index (Phi) is 4.67. The third-order valence-electron chi connectivity index (χ3n) is 2.09. The van der Waals surface area contributed by atoms with Crippen LogP contribution in [0.15, 0.2) is 41.6 Å². The fourth-order valence-corrected chi connectivity index (χ4v) is 2.87. The average Bonchev–Trinajstić information content (AvgIpc) is 2.26. The molecule has 1 aromatic carbocycles. The van der Waals surface area contributed by atoms with E-state index in [-0.39, 0.29) is 10.6 Å². The van der Waals surface area contributed by atoms with Gasteiger partial charge in [0.2, 0.25) is 10.0 Å². The highest BCUT2D eigenvalue weighted by molar-refractivity contribution is 7.89. The van der Waals surface area contributed by atoms with Gasteiger partial charge in [-0.2, -0.15) is 0 Å². The highest BCUT2D eigenvalue weighted by Gasteiger charge is 2.22. The van der Waals surface area contributed by atoms with Crippen molar-refractivity contribution in [1.29, 1.82) is 0 Å². The Balaban J connectivity index is 3.04. The molecule has 110 valence electrons. The van der Waals surface area contributed by atoms with Crippen molar-refractivity contribution >= 4 is 21.6 Å². The minimum atomic E-state index is -3.71. The largest absolute Gasteiger partial charge is 0.320 e. The Labute approximate surface area is 117 Å². The van der Waals surface area contributed by atoms with Crippen molar-refractivity contribution in [3.8, 4) is 0 Å². The first-order chi connectivity index (χ1) is 9.01. The Morgan fingerprint density at radius 1 is 1.30 bits per heavy atom. The van der Waals surface area contributed by atoms with Gasteiger partial charge in [0.05, 0.1) is 4.90 Å². The van der Waals surface area contributed by atoms with Crippen LogP contribution in [0.3, 0.4) is 0 Å². The molecule has 0 saturated heterocycles. The Morgan fingerprint density at radius 2 is 1.90 bits per heavy atom. The quantitative estimate of drug-likeness (QED) is 0.837. The van der Waals surface area contributed by atoms with Gasteiger partial charge in [-0.1, -0.05) is 12.6 Å². The van der Waals surface area contributed by atoms with Crippen LogP contribution in [0.25, 0.3) is 0 Å². The predicted octanol–water partition coefficient (Wildman–Crippen LogP) is 2.19. The second-order valence-electron chi connectivity index (χ2n) is 5.24. The lowest BCUT2D eigenvalue weighted by molar-refractivity contribution is -0.114. The summed E-state index contributed by atoms with van der Waals surface area (Å²) in [6.45, 7) is 8.00. The van der Waals surface area contributed by atoms with Gasteiger partial charge in [0.15, 0.2) is 5.83 Å². The van der Waals surface area contributed by atoms with Gasteiger partial charge in [0.1, 0.15) is 0 Å². The molecule has 1 aromatic rings. The molecular formula is C13H17FN2O3S. The predicted molar refractivity (Wildman–Crippen MR) is 75.4 cm³/mol. The fourth-order valence-electron chi connectivity index (χ4n) is 1.40. The lowest BCUT2D eigenvalue weighted by Crippen LogP contribution is -2.40. The van der Waals surface area contributed by atoms with Crippen molar-refractivity contribution < 1.29 is 17.6 Å². The molecule has 1 rings (SSSR count). The van der Waals surface area contributed by atoms with E-state index in [9.17, 15) is 17.6 Å². The summed E-state index contributed by atoms with van der Waals surface area (Å²) < 4.78 is 39.3. The van der Waals surface area contributed by atoms with Gasteiger partial charge >= 0.3 is 0 Å². The molecule has 0 spiro atoms. The van der Waals surface area contributed by atoms with Crippen LogP contribution < -0.4 is 10.0 Å². The molecule has 0 aliphatic rings. The summed E-state index contributed by atoms with van der Waals surface area (Å²) in [5.41, 5.74) is -0.462. The molecule has 0 bridgehead atoms. The molecule has 20 heavy (non-hydrogen) atoms. The van der Waals surface area contributed by atoms with Crippen LogP contribution in [0.5, 0.6) is 0 Å². The van der Waals surface area contributed by atoms with Crippen molar-refractivity contribution in [2.75, 3.05) is 5.32 Å². The first-order valence-corrected chi connectivity index (χ1v) is 7.29. The normalized spacial score (nSPS) is 12.0. The topological polar surface area (TPSA) is 75.3 Å². The Morgan fingerprint density at radius 3 is 2.40 bits per heavy atom. The van der Waals surface area contributed by atoms with Crippen molar-refractivity contribution in [3.05, 3.63) is 36.7 Å². The van der Waals surface area contributed by atoms with Crippen LogP contribution in [0, 0.1) is 0 Å². The highest BCUT2D eigenvalue weighted by atomic mass is 32.2. The zero-order valence-corrected chi connectivity index (χ0v) is 12.3. The summed E-state index contributed by atoms with van der Waals surface area (Å²) in [4.78, 5) is 11.1. The maximum Gasteiger partial charge on any atom is 0.283 e. The van der Waals surface area contributed by atoms with Crippen molar-refractivity contribution in [2.24, 2.45) is 0 Å². The average molecular weight is 300 g/mol. The zero-order valence-electron chi connectivity index (χ0n) is 11.5. The number of benzene rings is 1. The molecule has 0 aliphatic heterocycles. The molecule has 0 atom stereocenters. The lowest BCUT2D eigenvalue weighted by Gasteiger charge is -2.20. The summed E-state index contributed by atoms with van der Waals surface area (Å²) in [5, 5.41) is 2.21. The highest BCUT2D eigenvalue weighted by Crippen LogP contribution is 2.18. The first kappa shape index (κ1) is 16.3. The molecule has 0 fully saturated rings. The molecule has 7 heteroatoms. The van der Waals surface area contributed by atoms with Crippen LogP contribution in [-0.4, -0.2) is 19.9 Å². The van der Waals surface area contributed by atoms with E-state index in [4.69, 9.17) is 0 Å². The van der Waals surface area contributed by atoms with Crippen molar-refractivity contribution in [2.45, 2.75) is 31.2 Å². The number of carbonyl (C=O) groups is 1. The van der Waals surface area contributed by atoms with Gasteiger partial charge in [-0.05, 0) is 39.0 Å². The van der Waals surface area contributed by atoms with E-state index in [0.29, 0.717) is 0 Å². The number of anilines is 1. The second kappa shape index (κ2) is 5.72. The second-order valence-corrected chi connectivity index (χ2v) is 6.92. The van der Waals surface area contributed by atoms with E-state index in [1.165, 1.54) is 24.3 Å². The maximum atomic E-state index is 12.6. The molecule has 5 nitrogen and oxygen atoms in total. The Bertz CT molecular complexity index is 633. The Hall–Kier alpha value is -1.73. The molecule has 0 radical (unpaired) electrons. The maximum absolute atomic E-state index is 12.6. The van der Waals surface area contributed by atoms with Crippen molar-refractivity contribution in [3.63, 3.8) is 0 Å². The van der Waals surface area contributed by atoms with Gasteiger partial charge in [-0.3, -0.25) is 4.79 Å². The third-order valence-corrected chi connectivity index (χ3v) is 3.84.